The van der Waals surface area contributed by atoms with E-state index >= 15 is 0 Å². The molecule has 0 aromatic heterocycles. The van der Waals surface area contributed by atoms with Crippen molar-refractivity contribution in [3.63, 3.8) is 0 Å². The van der Waals surface area contributed by atoms with Gasteiger partial charge >= 0.3 is 0 Å². The van der Waals surface area contributed by atoms with E-state index < -0.39 is 15.3 Å². The zero-order chi connectivity index (χ0) is 10.7. The first kappa shape index (κ1) is 29.6. The molecule has 14 heteroatoms. The van der Waals surface area contributed by atoms with E-state index in [1.54, 1.807) is 0 Å². The minimum Gasteiger partial charge on any atom is -0.412 e. The summed E-state index contributed by atoms with van der Waals surface area (Å²) in [5.74, 6) is 0. The number of rotatable bonds is 0. The summed E-state index contributed by atoms with van der Waals surface area (Å²) in [6.07, 6.45) is 0. The minimum atomic E-state index is -1.50. The van der Waals surface area contributed by atoms with Gasteiger partial charge in [-0.25, -0.2) is 0 Å². The summed E-state index contributed by atoms with van der Waals surface area (Å²) < 4.78 is 0. The molecule has 13 nitrogen and oxygen atoms in total. The second-order valence-corrected chi connectivity index (χ2v) is 0.714. The molecule has 0 radical (unpaired) electrons. The van der Waals surface area contributed by atoms with Gasteiger partial charge in [0.25, 0.3) is 15.3 Å². The molecule has 0 atom stereocenters. The molecule has 0 amide bonds. The summed E-state index contributed by atoms with van der Waals surface area (Å²) in [6.45, 7) is 0. The van der Waals surface area contributed by atoms with Crippen LogP contribution in [0.2, 0.25) is 0 Å². The maximum absolute atomic E-state index is 8.36. The molecule has 0 aliphatic heterocycles. The van der Waals surface area contributed by atoms with Crippen molar-refractivity contribution in [1.29, 1.82) is 0 Å². The van der Waals surface area contributed by atoms with E-state index in [0.717, 1.165) is 0 Å². The van der Waals surface area contributed by atoms with Crippen LogP contribution in [0.3, 0.4) is 0 Å². The predicted molar refractivity (Wildman–Crippen MR) is 30.0 cm³/mol. The molecule has 0 heterocycles. The number of nitrogens with zero attached hydrogens (tertiary/aromatic N) is 3. The first-order valence-corrected chi connectivity index (χ1v) is 1.70. The summed E-state index contributed by atoms with van der Waals surface area (Å²) in [5.41, 5.74) is 0. The predicted octanol–water partition coefficient (Wildman–Crippen LogP) is -1.87. The van der Waals surface area contributed by atoms with Crippen LogP contribution in [0.15, 0.2) is 0 Å². The van der Waals surface area contributed by atoms with E-state index in [0.29, 0.717) is 0 Å². The van der Waals surface area contributed by atoms with Gasteiger partial charge in [0, 0.05) is 17.1 Å². The fraction of sp³-hybridized carbons (Fsp3) is 0. The third-order valence-corrected chi connectivity index (χ3v) is 0. The molecule has 14 heavy (non-hydrogen) atoms. The largest absolute Gasteiger partial charge is 0.412 e. The maximum atomic E-state index is 8.36. The van der Waals surface area contributed by atoms with E-state index in [4.69, 9.17) is 46.0 Å². The van der Waals surface area contributed by atoms with E-state index in [-0.39, 0.29) is 22.5 Å². The van der Waals surface area contributed by atoms with Crippen molar-refractivity contribution in [2.75, 3.05) is 0 Å². The van der Waals surface area contributed by atoms with Crippen LogP contribution >= 0.6 is 0 Å². The Labute approximate surface area is 84.7 Å². The average molecular weight is 263 g/mol. The molecule has 0 saturated heterocycles. The molecule has 0 aromatic carbocycles. The molecule has 0 aliphatic rings. The third-order valence-electron chi connectivity index (χ3n) is 0. The second kappa shape index (κ2) is 22.5. The topological polar surface area (TPSA) is 222 Å². The van der Waals surface area contributed by atoms with Crippen molar-refractivity contribution in [2.24, 2.45) is 0 Å². The Kier molecular flexibility index (Phi) is 47.5. The minimum absolute atomic E-state index is 0. The molecular formula is H5FeN3O10. The summed E-state index contributed by atoms with van der Waals surface area (Å²) in [7, 11) is 0. The van der Waals surface area contributed by atoms with Crippen LogP contribution in [0.1, 0.15) is 0 Å². The second-order valence-electron chi connectivity index (χ2n) is 0.714. The van der Waals surface area contributed by atoms with Crippen molar-refractivity contribution in [2.45, 2.75) is 0 Å². The first-order valence-electron chi connectivity index (χ1n) is 1.70. The fourth-order valence-corrected chi connectivity index (χ4v) is 0. The summed E-state index contributed by atoms with van der Waals surface area (Å²) in [6, 6.07) is 0. The Morgan fingerprint density at radius 3 is 0.714 bits per heavy atom. The monoisotopic (exact) mass is 263 g/mol. The van der Waals surface area contributed by atoms with Crippen LogP contribution in [0.25, 0.3) is 0 Å². The molecule has 0 fully saturated rings. The Balaban J connectivity index is -0.0000000270. The van der Waals surface area contributed by atoms with Crippen LogP contribution < -0.4 is 0 Å². The van der Waals surface area contributed by atoms with Gasteiger partial charge in [-0.15, -0.1) is 30.3 Å². The zero-order valence-electron chi connectivity index (χ0n) is 5.99. The Hall–Kier alpha value is -1.92. The SMILES string of the molecule is O.O=[N+]([O-])O.O=[N+]([O-])O.O=[N+]([O-])O.[Fe]. The van der Waals surface area contributed by atoms with Gasteiger partial charge in [-0.1, -0.05) is 0 Å². The van der Waals surface area contributed by atoms with Gasteiger partial charge in [0.05, 0.1) is 0 Å². The van der Waals surface area contributed by atoms with Crippen LogP contribution in [0, 0.1) is 30.3 Å². The van der Waals surface area contributed by atoms with Gasteiger partial charge in [-0.05, 0) is 0 Å². The van der Waals surface area contributed by atoms with E-state index in [1.807, 2.05) is 0 Å². The molecule has 88 valence electrons. The van der Waals surface area contributed by atoms with E-state index in [1.165, 1.54) is 0 Å². The quantitative estimate of drug-likeness (QED) is 0.252. The van der Waals surface area contributed by atoms with Gasteiger partial charge < -0.3 is 21.1 Å². The van der Waals surface area contributed by atoms with Gasteiger partial charge in [0.2, 0.25) is 0 Å². The molecule has 5 N–H and O–H groups in total. The van der Waals surface area contributed by atoms with Crippen molar-refractivity contribution >= 4 is 0 Å². The molecular weight excluding hydrogens is 258 g/mol. The average Bonchev–Trinajstić information content (AvgIpc) is 1.54. The molecule has 0 bridgehead atoms. The van der Waals surface area contributed by atoms with Crippen molar-refractivity contribution < 1.29 is 53.4 Å². The van der Waals surface area contributed by atoms with Gasteiger partial charge in [-0.3, -0.25) is 0 Å². The standard InChI is InChI=1S/Fe.3HNO3.H2O/c;3*2-1(3)4;/h;3*(H,2,3,4);1H2. The van der Waals surface area contributed by atoms with Crippen molar-refractivity contribution in [3.05, 3.63) is 30.3 Å². The van der Waals surface area contributed by atoms with Gasteiger partial charge in [0.1, 0.15) is 0 Å². The van der Waals surface area contributed by atoms with Crippen LogP contribution in [0.5, 0.6) is 0 Å². The molecule has 0 aromatic rings. The van der Waals surface area contributed by atoms with E-state index in [2.05, 4.69) is 0 Å². The van der Waals surface area contributed by atoms with Crippen molar-refractivity contribution in [3.8, 4) is 0 Å². The fourth-order valence-electron chi connectivity index (χ4n) is 0. The van der Waals surface area contributed by atoms with Crippen LogP contribution in [-0.4, -0.2) is 36.4 Å². The Morgan fingerprint density at radius 2 is 0.714 bits per heavy atom. The maximum Gasteiger partial charge on any atom is 0.291 e. The van der Waals surface area contributed by atoms with Gasteiger partial charge in [-0.2, -0.15) is 0 Å². The van der Waals surface area contributed by atoms with Crippen LogP contribution in [-0.2, 0) is 17.1 Å². The Morgan fingerprint density at radius 1 is 0.714 bits per heavy atom. The normalized spacial score (nSPS) is 5.14. The summed E-state index contributed by atoms with van der Waals surface area (Å²) in [5, 5.41) is 40.9. The molecule has 0 saturated carbocycles. The summed E-state index contributed by atoms with van der Waals surface area (Å²) in [4.78, 5) is 25.1. The molecule has 0 rings (SSSR count). The van der Waals surface area contributed by atoms with E-state index in [9.17, 15) is 0 Å². The number of hydrogen-bond donors (Lipinski definition) is 3. The zero-order valence-corrected chi connectivity index (χ0v) is 7.09. The van der Waals surface area contributed by atoms with Gasteiger partial charge in [0.15, 0.2) is 0 Å². The third kappa shape index (κ3) is 225. The molecule has 0 unspecified atom stereocenters. The first-order chi connectivity index (χ1) is 5.20. The van der Waals surface area contributed by atoms with Crippen molar-refractivity contribution in [1.82, 2.24) is 0 Å². The molecule has 0 aliphatic carbocycles. The van der Waals surface area contributed by atoms with Crippen LogP contribution in [0.4, 0.5) is 0 Å². The molecule has 0 spiro atoms. The summed E-state index contributed by atoms with van der Waals surface area (Å²) >= 11 is 0. The number of hydrogen-bond acceptors (Lipinski definition) is 6. The smallest absolute Gasteiger partial charge is 0.291 e. The Bertz CT molecular complexity index is 113.